The van der Waals surface area contributed by atoms with Crippen molar-refractivity contribution in [3.8, 4) is 10.8 Å². The zero-order chi connectivity index (χ0) is 15.5. The fourth-order valence-corrected chi connectivity index (χ4v) is 3.33. The Morgan fingerprint density at radius 1 is 1.18 bits per heavy atom. The zero-order valence-corrected chi connectivity index (χ0v) is 14.1. The van der Waals surface area contributed by atoms with E-state index in [2.05, 4.69) is 32.2 Å². The molecule has 116 valence electrons. The van der Waals surface area contributed by atoms with Gasteiger partial charge < -0.3 is 8.94 Å². The Hall–Kier alpha value is -1.74. The molecule has 0 aliphatic carbocycles. The van der Waals surface area contributed by atoms with E-state index in [0.29, 0.717) is 22.8 Å². The highest BCUT2D eigenvalue weighted by Crippen LogP contribution is 2.31. The van der Waals surface area contributed by atoms with Crippen LogP contribution in [0.25, 0.3) is 10.8 Å². The quantitative estimate of drug-likeness (QED) is 0.632. The Balaban J connectivity index is 1.65. The van der Waals surface area contributed by atoms with Crippen molar-refractivity contribution in [3.63, 3.8) is 0 Å². The van der Waals surface area contributed by atoms with Gasteiger partial charge in [-0.15, -0.1) is 21.5 Å². The Morgan fingerprint density at radius 2 is 2.05 bits per heavy atom. The van der Waals surface area contributed by atoms with Crippen molar-refractivity contribution in [1.82, 2.24) is 25.3 Å². The van der Waals surface area contributed by atoms with Crippen molar-refractivity contribution < 1.29 is 8.94 Å². The topological polar surface area (TPSA) is 90.7 Å². The van der Waals surface area contributed by atoms with Gasteiger partial charge in [0.05, 0.1) is 16.5 Å². The Kier molecular flexibility index (Phi) is 4.53. The summed E-state index contributed by atoms with van der Waals surface area (Å²) in [7, 11) is 0. The third-order valence-electron chi connectivity index (χ3n) is 2.81. The average Bonchev–Trinajstić information content (AvgIpc) is 3.17. The smallest absolute Gasteiger partial charge is 0.277 e. The Morgan fingerprint density at radius 3 is 2.77 bits per heavy atom. The molecule has 0 N–H and O–H groups in total. The van der Waals surface area contributed by atoms with E-state index >= 15 is 0 Å². The van der Waals surface area contributed by atoms with Crippen molar-refractivity contribution in [1.29, 1.82) is 0 Å². The van der Waals surface area contributed by atoms with Crippen molar-refractivity contribution >= 4 is 23.1 Å². The standard InChI is InChI=1S/C13H15N5O2S2/c1-4-5-9-15-10(20-18-9)6-21-13-17-16-12(19-13)11-7(2)14-8(3)22-11/h4-6H2,1-3H3. The van der Waals surface area contributed by atoms with Gasteiger partial charge in [0.15, 0.2) is 5.82 Å². The summed E-state index contributed by atoms with van der Waals surface area (Å²) in [6.07, 6.45) is 1.82. The number of hydrogen-bond acceptors (Lipinski definition) is 9. The summed E-state index contributed by atoms with van der Waals surface area (Å²) >= 11 is 2.93. The normalized spacial score (nSPS) is 11.2. The minimum atomic E-state index is 0.482. The van der Waals surface area contributed by atoms with Crippen LogP contribution in [0.4, 0.5) is 0 Å². The molecule has 0 amide bonds. The van der Waals surface area contributed by atoms with Gasteiger partial charge >= 0.3 is 0 Å². The number of thioether (sulfide) groups is 1. The van der Waals surface area contributed by atoms with Crippen LogP contribution in [0.1, 0.15) is 35.8 Å². The van der Waals surface area contributed by atoms with E-state index < -0.39 is 0 Å². The molecule has 7 nitrogen and oxygen atoms in total. The second-order valence-electron chi connectivity index (χ2n) is 4.66. The third kappa shape index (κ3) is 3.36. The van der Waals surface area contributed by atoms with Crippen LogP contribution in [0.3, 0.4) is 0 Å². The molecule has 3 heterocycles. The van der Waals surface area contributed by atoms with Gasteiger partial charge in [0.2, 0.25) is 5.89 Å². The highest BCUT2D eigenvalue weighted by Gasteiger charge is 2.16. The molecule has 0 aromatic carbocycles. The van der Waals surface area contributed by atoms with Crippen molar-refractivity contribution in [2.75, 3.05) is 0 Å². The average molecular weight is 337 g/mol. The van der Waals surface area contributed by atoms with Crippen LogP contribution in [0.5, 0.6) is 0 Å². The maximum absolute atomic E-state index is 5.66. The molecular formula is C13H15N5O2S2. The van der Waals surface area contributed by atoms with Crippen LogP contribution in [0.15, 0.2) is 14.2 Å². The molecule has 9 heteroatoms. The molecule has 0 aliphatic heterocycles. The number of aromatic nitrogens is 5. The minimum absolute atomic E-state index is 0.482. The van der Waals surface area contributed by atoms with E-state index in [1.165, 1.54) is 11.8 Å². The summed E-state index contributed by atoms with van der Waals surface area (Å²) in [5.74, 6) is 2.32. The van der Waals surface area contributed by atoms with E-state index in [1.807, 2.05) is 13.8 Å². The lowest BCUT2D eigenvalue weighted by Crippen LogP contribution is -1.86. The fraction of sp³-hybridized carbons (Fsp3) is 0.462. The highest BCUT2D eigenvalue weighted by molar-refractivity contribution is 7.98. The molecule has 0 saturated carbocycles. The molecule has 3 rings (SSSR count). The predicted molar refractivity (Wildman–Crippen MR) is 82.7 cm³/mol. The second-order valence-corrected chi connectivity index (χ2v) is 6.79. The minimum Gasteiger partial charge on any atom is -0.410 e. The van der Waals surface area contributed by atoms with E-state index in [4.69, 9.17) is 8.94 Å². The van der Waals surface area contributed by atoms with Gasteiger partial charge in [-0.05, 0) is 20.3 Å². The number of hydrogen-bond donors (Lipinski definition) is 0. The van der Waals surface area contributed by atoms with Gasteiger partial charge in [0.1, 0.15) is 4.88 Å². The van der Waals surface area contributed by atoms with Crippen LogP contribution < -0.4 is 0 Å². The zero-order valence-electron chi connectivity index (χ0n) is 12.5. The maximum atomic E-state index is 5.66. The molecule has 0 spiro atoms. The lowest BCUT2D eigenvalue weighted by atomic mass is 10.3. The van der Waals surface area contributed by atoms with E-state index in [0.717, 1.165) is 34.2 Å². The van der Waals surface area contributed by atoms with Gasteiger partial charge in [-0.25, -0.2) is 4.98 Å². The summed E-state index contributed by atoms with van der Waals surface area (Å²) in [5, 5.41) is 13.5. The van der Waals surface area contributed by atoms with Crippen LogP contribution >= 0.6 is 23.1 Å². The largest absolute Gasteiger partial charge is 0.410 e. The summed E-state index contributed by atoms with van der Waals surface area (Å²) in [6, 6.07) is 0. The second kappa shape index (κ2) is 6.57. The molecule has 22 heavy (non-hydrogen) atoms. The van der Waals surface area contributed by atoms with Gasteiger partial charge in [0.25, 0.3) is 11.1 Å². The predicted octanol–water partition coefficient (Wildman–Crippen LogP) is 3.44. The fourth-order valence-electron chi connectivity index (χ4n) is 1.89. The molecule has 0 atom stereocenters. The number of nitrogens with zero attached hydrogens (tertiary/aromatic N) is 5. The lowest BCUT2D eigenvalue weighted by Gasteiger charge is -1.90. The van der Waals surface area contributed by atoms with E-state index in [1.54, 1.807) is 11.3 Å². The maximum Gasteiger partial charge on any atom is 0.277 e. The first-order valence-corrected chi connectivity index (χ1v) is 8.68. The summed E-state index contributed by atoms with van der Waals surface area (Å²) in [5.41, 5.74) is 0.906. The molecular weight excluding hydrogens is 322 g/mol. The lowest BCUT2D eigenvalue weighted by molar-refractivity contribution is 0.384. The van der Waals surface area contributed by atoms with E-state index in [-0.39, 0.29) is 0 Å². The molecule has 3 aromatic heterocycles. The molecule has 0 radical (unpaired) electrons. The first-order chi connectivity index (χ1) is 10.7. The molecule has 0 saturated heterocycles. The van der Waals surface area contributed by atoms with Crippen LogP contribution in [0, 0.1) is 13.8 Å². The van der Waals surface area contributed by atoms with Crippen LogP contribution in [-0.2, 0) is 12.2 Å². The van der Waals surface area contributed by atoms with Gasteiger partial charge in [0, 0.05) is 6.42 Å². The van der Waals surface area contributed by atoms with Crippen molar-refractivity contribution in [2.45, 2.75) is 44.6 Å². The molecule has 3 aromatic rings. The molecule has 0 unspecified atom stereocenters. The summed E-state index contributed by atoms with van der Waals surface area (Å²) < 4.78 is 10.8. The summed E-state index contributed by atoms with van der Waals surface area (Å²) in [6.45, 7) is 5.97. The van der Waals surface area contributed by atoms with E-state index in [9.17, 15) is 0 Å². The van der Waals surface area contributed by atoms with Gasteiger partial charge in [-0.2, -0.15) is 4.98 Å². The van der Waals surface area contributed by atoms with Crippen LogP contribution in [-0.4, -0.2) is 25.3 Å². The molecule has 0 bridgehead atoms. The monoisotopic (exact) mass is 337 g/mol. The molecule has 0 fully saturated rings. The van der Waals surface area contributed by atoms with Crippen molar-refractivity contribution in [2.24, 2.45) is 0 Å². The Bertz CT molecular complexity index is 764. The Labute approximate surface area is 135 Å². The molecule has 0 aliphatic rings. The number of rotatable bonds is 6. The highest BCUT2D eigenvalue weighted by atomic mass is 32.2. The third-order valence-corrected chi connectivity index (χ3v) is 4.67. The summed E-state index contributed by atoms with van der Waals surface area (Å²) in [4.78, 5) is 9.58. The van der Waals surface area contributed by atoms with Crippen molar-refractivity contribution in [3.05, 3.63) is 22.4 Å². The number of aryl methyl sites for hydroxylation is 3. The SMILES string of the molecule is CCCc1noc(CSc2nnc(-c3sc(C)nc3C)o2)n1. The first-order valence-electron chi connectivity index (χ1n) is 6.88. The van der Waals surface area contributed by atoms with Crippen LogP contribution in [0.2, 0.25) is 0 Å². The van der Waals surface area contributed by atoms with Gasteiger partial charge in [-0.3, -0.25) is 0 Å². The first kappa shape index (κ1) is 15.2. The number of thiazole rings is 1. The van der Waals surface area contributed by atoms with Gasteiger partial charge in [-0.1, -0.05) is 23.8 Å².